The summed E-state index contributed by atoms with van der Waals surface area (Å²) in [4.78, 5) is 36.8. The molecule has 2 amide bonds. The lowest BCUT2D eigenvalue weighted by Crippen LogP contribution is -2.74. The van der Waals surface area contributed by atoms with Crippen LogP contribution in [-0.4, -0.2) is 65.8 Å². The van der Waals surface area contributed by atoms with Crippen LogP contribution in [0.2, 0.25) is 5.02 Å². The van der Waals surface area contributed by atoms with Crippen molar-refractivity contribution in [3.05, 3.63) is 58.3 Å². The molecule has 1 aliphatic carbocycles. The Morgan fingerprint density at radius 3 is 2.29 bits per heavy atom. The number of aromatic nitrogens is 1. The highest BCUT2D eigenvalue weighted by Gasteiger charge is 2.64. The van der Waals surface area contributed by atoms with Crippen molar-refractivity contribution in [2.75, 3.05) is 31.1 Å². The second-order valence-corrected chi connectivity index (χ2v) is 13.2. The third kappa shape index (κ3) is 6.20. The maximum Gasteiger partial charge on any atom is 0.410 e. The van der Waals surface area contributed by atoms with E-state index in [9.17, 15) is 9.59 Å². The van der Waals surface area contributed by atoms with Crippen molar-refractivity contribution in [2.24, 2.45) is 10.8 Å². The maximum absolute atomic E-state index is 15.2. The smallest absolute Gasteiger partial charge is 0.410 e. The van der Waals surface area contributed by atoms with Crippen molar-refractivity contribution < 1.29 is 23.5 Å². The number of halogens is 2. The van der Waals surface area contributed by atoms with Crippen LogP contribution in [0.25, 0.3) is 4.85 Å². The van der Waals surface area contributed by atoms with Gasteiger partial charge < -0.3 is 24.6 Å². The Kier molecular flexibility index (Phi) is 8.16. The van der Waals surface area contributed by atoms with Crippen molar-refractivity contribution in [3.8, 4) is 5.75 Å². The fraction of sp³-hybridized carbons (Fsp3) is 0.533. The number of carbonyl (C=O) groups excluding carboxylic acids is 2. The number of hydrogen-bond donors (Lipinski definition) is 1. The van der Waals surface area contributed by atoms with E-state index in [1.807, 2.05) is 53.4 Å². The standard InChI is InChI=1S/C30H37ClFN5O4/c1-28(2,3)41-27(39)37-13-11-36(12-14-37)23-16-21(32)19(17-34-23)24(38)35-25-29(4,5)26(30(25,6)7)40-18-9-10-22(33-8)20(31)15-18/h9-10,15-17,25-26H,11-14H2,1-7H3,(H,35,38). The van der Waals surface area contributed by atoms with Crippen LogP contribution in [0, 0.1) is 23.2 Å². The quantitative estimate of drug-likeness (QED) is 0.427. The Morgan fingerprint density at radius 1 is 1.12 bits per heavy atom. The van der Waals surface area contributed by atoms with E-state index in [0.717, 1.165) is 0 Å². The van der Waals surface area contributed by atoms with Crippen molar-refractivity contribution in [1.29, 1.82) is 0 Å². The summed E-state index contributed by atoms with van der Waals surface area (Å²) in [5.74, 6) is -0.274. The van der Waals surface area contributed by atoms with Gasteiger partial charge in [0.1, 0.15) is 29.1 Å². The Balaban J connectivity index is 1.39. The van der Waals surface area contributed by atoms with E-state index in [-0.39, 0.29) is 23.8 Å². The lowest BCUT2D eigenvalue weighted by atomic mass is 9.49. The fourth-order valence-electron chi connectivity index (χ4n) is 6.00. The third-order valence-corrected chi connectivity index (χ3v) is 8.05. The van der Waals surface area contributed by atoms with Gasteiger partial charge in [0.25, 0.3) is 5.91 Å². The zero-order valence-electron chi connectivity index (χ0n) is 24.5. The van der Waals surface area contributed by atoms with E-state index in [2.05, 4.69) is 15.1 Å². The number of piperazine rings is 1. The molecule has 1 N–H and O–H groups in total. The molecule has 2 heterocycles. The van der Waals surface area contributed by atoms with Crippen molar-refractivity contribution in [2.45, 2.75) is 66.2 Å². The average Bonchev–Trinajstić information content (AvgIpc) is 2.89. The molecule has 2 aromatic rings. The summed E-state index contributed by atoms with van der Waals surface area (Å²) < 4.78 is 26.9. The SMILES string of the molecule is [C-]#[N+]c1ccc(OC2C(C)(C)C(NC(=O)c3cnc(N4CCN(C(=O)OC(C)(C)C)CC4)cc3F)C2(C)C)cc1Cl. The highest BCUT2D eigenvalue weighted by molar-refractivity contribution is 6.33. The average molecular weight is 586 g/mol. The first-order valence-corrected chi connectivity index (χ1v) is 14.0. The number of pyridine rings is 1. The summed E-state index contributed by atoms with van der Waals surface area (Å²) in [6.07, 6.45) is 0.604. The van der Waals surface area contributed by atoms with Crippen LogP contribution in [0.5, 0.6) is 5.75 Å². The maximum atomic E-state index is 15.2. The van der Waals surface area contributed by atoms with Crippen molar-refractivity contribution in [3.63, 3.8) is 0 Å². The number of anilines is 1. The van der Waals surface area contributed by atoms with Gasteiger partial charge in [-0.15, -0.1) is 0 Å². The molecule has 0 spiro atoms. The minimum Gasteiger partial charge on any atom is -0.489 e. The Bertz CT molecular complexity index is 1360. The Hall–Kier alpha value is -3.58. The van der Waals surface area contributed by atoms with E-state index in [1.54, 1.807) is 23.1 Å². The van der Waals surface area contributed by atoms with Crippen LogP contribution in [-0.2, 0) is 4.74 Å². The summed E-state index contributed by atoms with van der Waals surface area (Å²) >= 11 is 6.18. The van der Waals surface area contributed by atoms with Crippen LogP contribution in [0.15, 0.2) is 30.5 Å². The van der Waals surface area contributed by atoms with Gasteiger partial charge in [0.2, 0.25) is 5.69 Å². The summed E-state index contributed by atoms with van der Waals surface area (Å²) in [5.41, 5.74) is -1.34. The third-order valence-electron chi connectivity index (χ3n) is 7.75. The zero-order valence-corrected chi connectivity index (χ0v) is 25.3. The summed E-state index contributed by atoms with van der Waals surface area (Å²) in [5, 5.41) is 3.31. The Morgan fingerprint density at radius 2 is 1.76 bits per heavy atom. The summed E-state index contributed by atoms with van der Waals surface area (Å²) in [6.45, 7) is 22.3. The number of nitrogens with zero attached hydrogens (tertiary/aromatic N) is 4. The fourth-order valence-corrected chi connectivity index (χ4v) is 6.21. The lowest BCUT2D eigenvalue weighted by Gasteiger charge is -2.63. The van der Waals surface area contributed by atoms with Crippen LogP contribution < -0.4 is 15.0 Å². The first kappa shape index (κ1) is 30.4. The minimum atomic E-state index is -0.667. The molecular weight excluding hydrogens is 549 g/mol. The Labute approximate surface area is 245 Å². The normalized spacial score (nSPS) is 21.4. The van der Waals surface area contributed by atoms with Gasteiger partial charge in [0.15, 0.2) is 0 Å². The molecule has 9 nitrogen and oxygen atoms in total. The molecule has 4 rings (SSSR count). The van der Waals surface area contributed by atoms with Crippen LogP contribution in [0.1, 0.15) is 58.8 Å². The van der Waals surface area contributed by atoms with E-state index in [1.165, 1.54) is 12.3 Å². The summed E-state index contributed by atoms with van der Waals surface area (Å²) in [7, 11) is 0. The molecule has 2 aliphatic rings. The first-order valence-electron chi connectivity index (χ1n) is 13.6. The largest absolute Gasteiger partial charge is 0.489 e. The molecule has 0 radical (unpaired) electrons. The van der Waals surface area contributed by atoms with Crippen molar-refractivity contribution >= 4 is 35.1 Å². The molecular formula is C30H37ClFN5O4. The van der Waals surface area contributed by atoms with Gasteiger partial charge in [-0.2, -0.15) is 0 Å². The number of rotatable bonds is 5. The van der Waals surface area contributed by atoms with Gasteiger partial charge in [-0.05, 0) is 32.9 Å². The lowest BCUT2D eigenvalue weighted by molar-refractivity contribution is -0.164. The molecule has 11 heteroatoms. The minimum absolute atomic E-state index is 0.140. The molecule has 1 saturated heterocycles. The number of amides is 2. The van der Waals surface area contributed by atoms with Crippen LogP contribution >= 0.6 is 11.6 Å². The summed E-state index contributed by atoms with van der Waals surface area (Å²) in [6, 6.07) is 5.88. The second-order valence-electron chi connectivity index (χ2n) is 12.7. The molecule has 41 heavy (non-hydrogen) atoms. The first-order chi connectivity index (χ1) is 19.0. The van der Waals surface area contributed by atoms with Gasteiger partial charge >= 0.3 is 6.09 Å². The monoisotopic (exact) mass is 585 g/mol. The zero-order chi connectivity index (χ0) is 30.3. The van der Waals surface area contributed by atoms with Crippen LogP contribution in [0.3, 0.4) is 0 Å². The van der Waals surface area contributed by atoms with E-state index >= 15 is 4.39 Å². The molecule has 0 bridgehead atoms. The van der Waals surface area contributed by atoms with Gasteiger partial charge in [-0.3, -0.25) is 4.79 Å². The predicted octanol–water partition coefficient (Wildman–Crippen LogP) is 6.09. The molecule has 1 aliphatic heterocycles. The molecule has 1 aromatic carbocycles. The molecule has 0 unspecified atom stereocenters. The topological polar surface area (TPSA) is 88.4 Å². The van der Waals surface area contributed by atoms with Crippen molar-refractivity contribution in [1.82, 2.24) is 15.2 Å². The number of benzene rings is 1. The van der Waals surface area contributed by atoms with Crippen LogP contribution in [0.4, 0.5) is 20.7 Å². The number of carbonyl (C=O) groups is 2. The number of hydrogen-bond acceptors (Lipinski definition) is 6. The molecule has 2 fully saturated rings. The van der Waals surface area contributed by atoms with Gasteiger partial charge in [0.05, 0.1) is 17.2 Å². The van der Waals surface area contributed by atoms with E-state index in [0.29, 0.717) is 48.5 Å². The highest BCUT2D eigenvalue weighted by Crippen LogP contribution is 2.55. The molecule has 1 saturated carbocycles. The molecule has 220 valence electrons. The van der Waals surface area contributed by atoms with Gasteiger partial charge in [-0.25, -0.2) is 19.0 Å². The van der Waals surface area contributed by atoms with E-state index < -0.39 is 28.2 Å². The van der Waals surface area contributed by atoms with Gasteiger partial charge in [-0.1, -0.05) is 45.4 Å². The second kappa shape index (κ2) is 11.0. The highest BCUT2D eigenvalue weighted by atomic mass is 35.5. The number of nitrogens with one attached hydrogen (secondary N) is 1. The molecule has 1 aromatic heterocycles. The van der Waals surface area contributed by atoms with E-state index in [4.69, 9.17) is 27.6 Å². The predicted molar refractivity (Wildman–Crippen MR) is 155 cm³/mol. The van der Waals surface area contributed by atoms with Gasteiger partial charge in [0, 0.05) is 55.3 Å². The number of ether oxygens (including phenoxy) is 2. The molecule has 0 atom stereocenters.